The van der Waals surface area contributed by atoms with Gasteiger partial charge >= 0.3 is 5.97 Å². The summed E-state index contributed by atoms with van der Waals surface area (Å²) in [7, 11) is 1.89. The minimum Gasteiger partial charge on any atom is -0.480 e. The first-order chi connectivity index (χ1) is 8.57. The molecule has 1 rings (SSSR count). The van der Waals surface area contributed by atoms with E-state index in [0.717, 1.165) is 17.7 Å². The summed E-state index contributed by atoms with van der Waals surface area (Å²) in [4.78, 5) is 13.4. The summed E-state index contributed by atoms with van der Waals surface area (Å²) in [5.74, 6) is 0.256. The topological polar surface area (TPSA) is 40.5 Å². The molecule has 100 valence electrons. The third kappa shape index (κ3) is 4.03. The van der Waals surface area contributed by atoms with Crippen molar-refractivity contribution >= 4 is 17.7 Å². The fraction of sp³-hybridized carbons (Fsp3) is 0.500. The van der Waals surface area contributed by atoms with Gasteiger partial charge in [-0.1, -0.05) is 30.3 Å². The zero-order chi connectivity index (χ0) is 13.5. The molecule has 2 unspecified atom stereocenters. The van der Waals surface area contributed by atoms with Crippen LogP contribution in [0.2, 0.25) is 0 Å². The monoisotopic (exact) mass is 267 g/mol. The second-order valence-electron chi connectivity index (χ2n) is 4.45. The number of nitrogens with zero attached hydrogens (tertiary/aromatic N) is 1. The van der Waals surface area contributed by atoms with Crippen molar-refractivity contribution in [3.8, 4) is 0 Å². The zero-order valence-electron chi connectivity index (χ0n) is 11.2. The molecule has 0 spiro atoms. The lowest BCUT2D eigenvalue weighted by atomic mass is 10.0. The molecule has 0 aliphatic carbocycles. The van der Waals surface area contributed by atoms with E-state index in [1.807, 2.05) is 42.3 Å². The summed E-state index contributed by atoms with van der Waals surface area (Å²) in [6.45, 7) is 2.08. The van der Waals surface area contributed by atoms with Crippen LogP contribution in [0.4, 0.5) is 0 Å². The Bertz CT molecular complexity index is 369. The van der Waals surface area contributed by atoms with Gasteiger partial charge in [0.15, 0.2) is 0 Å². The van der Waals surface area contributed by atoms with Crippen LogP contribution < -0.4 is 0 Å². The van der Waals surface area contributed by atoms with Gasteiger partial charge in [-0.2, -0.15) is 11.8 Å². The van der Waals surface area contributed by atoms with Crippen LogP contribution in [0.25, 0.3) is 0 Å². The molecule has 2 atom stereocenters. The maximum atomic E-state index is 11.5. The Hall–Kier alpha value is -1.00. The van der Waals surface area contributed by atoms with Crippen molar-refractivity contribution < 1.29 is 9.90 Å². The zero-order valence-corrected chi connectivity index (χ0v) is 12.0. The Morgan fingerprint density at radius 3 is 2.50 bits per heavy atom. The Labute approximate surface area is 113 Å². The number of hydrogen-bond acceptors (Lipinski definition) is 3. The molecule has 0 saturated heterocycles. The van der Waals surface area contributed by atoms with E-state index in [1.165, 1.54) is 0 Å². The van der Waals surface area contributed by atoms with E-state index < -0.39 is 12.0 Å². The average Bonchev–Trinajstić information content (AvgIpc) is 2.36. The van der Waals surface area contributed by atoms with Gasteiger partial charge < -0.3 is 5.11 Å². The maximum absolute atomic E-state index is 11.5. The molecule has 1 aromatic carbocycles. The number of likely N-dealkylation sites (N-methyl/N-ethyl adjacent to an activating group) is 1. The minimum atomic E-state index is -0.792. The van der Waals surface area contributed by atoms with Crippen LogP contribution in [0.15, 0.2) is 30.3 Å². The number of carboxylic acid groups (broad SMARTS) is 1. The van der Waals surface area contributed by atoms with Gasteiger partial charge in [0, 0.05) is 6.04 Å². The van der Waals surface area contributed by atoms with E-state index in [1.54, 1.807) is 11.8 Å². The number of hydrogen-bond donors (Lipinski definition) is 1. The van der Waals surface area contributed by atoms with Gasteiger partial charge in [-0.3, -0.25) is 9.69 Å². The van der Waals surface area contributed by atoms with E-state index >= 15 is 0 Å². The van der Waals surface area contributed by atoms with Gasteiger partial charge in [0.1, 0.15) is 6.04 Å². The minimum absolute atomic E-state index is 0.249. The molecule has 0 aliphatic rings. The highest BCUT2D eigenvalue weighted by molar-refractivity contribution is 7.98. The SMILES string of the molecule is CSCCC(C)N(C)C(C(=O)O)c1ccccc1. The normalized spacial score (nSPS) is 14.4. The Morgan fingerprint density at radius 2 is 2.00 bits per heavy atom. The largest absolute Gasteiger partial charge is 0.480 e. The predicted octanol–water partition coefficient (Wildman–Crippen LogP) is 2.89. The highest BCUT2D eigenvalue weighted by Gasteiger charge is 2.27. The highest BCUT2D eigenvalue weighted by Crippen LogP contribution is 2.23. The van der Waals surface area contributed by atoms with Crippen LogP contribution in [0.1, 0.15) is 24.9 Å². The quantitative estimate of drug-likeness (QED) is 0.824. The molecule has 0 aliphatic heterocycles. The molecule has 1 aromatic rings. The molecular formula is C14H21NO2S. The fourth-order valence-corrected chi connectivity index (χ4v) is 2.51. The molecule has 0 amide bonds. The molecule has 3 nitrogen and oxygen atoms in total. The molecule has 0 saturated carbocycles. The van der Waals surface area contributed by atoms with Crippen LogP contribution >= 0.6 is 11.8 Å². The van der Waals surface area contributed by atoms with E-state index in [9.17, 15) is 9.90 Å². The molecule has 4 heteroatoms. The lowest BCUT2D eigenvalue weighted by Crippen LogP contribution is -2.37. The first-order valence-corrected chi connectivity index (χ1v) is 7.46. The van der Waals surface area contributed by atoms with Crippen molar-refractivity contribution in [2.45, 2.75) is 25.4 Å². The number of aliphatic carboxylic acids is 1. The Balaban J connectivity index is 2.82. The summed E-state index contributed by atoms with van der Waals surface area (Å²) in [5, 5.41) is 9.42. The Morgan fingerprint density at radius 1 is 1.39 bits per heavy atom. The molecule has 1 N–H and O–H groups in total. The summed E-state index contributed by atoms with van der Waals surface area (Å²) in [6, 6.07) is 9.09. The Kier molecular flexibility index (Phi) is 6.22. The van der Waals surface area contributed by atoms with Gasteiger partial charge in [0.2, 0.25) is 0 Å². The van der Waals surface area contributed by atoms with Crippen molar-refractivity contribution in [2.24, 2.45) is 0 Å². The second-order valence-corrected chi connectivity index (χ2v) is 5.43. The van der Waals surface area contributed by atoms with E-state index in [-0.39, 0.29) is 6.04 Å². The standard InChI is InChI=1S/C14H21NO2S/c1-11(9-10-18-3)15(2)13(14(16)17)12-7-5-4-6-8-12/h4-8,11,13H,9-10H2,1-3H3,(H,16,17). The van der Waals surface area contributed by atoms with E-state index in [4.69, 9.17) is 0 Å². The summed E-state index contributed by atoms with van der Waals surface area (Å²) in [6.07, 6.45) is 3.06. The lowest BCUT2D eigenvalue weighted by Gasteiger charge is -2.30. The fourth-order valence-electron chi connectivity index (χ4n) is 1.93. The van der Waals surface area contributed by atoms with Crippen LogP contribution in [-0.4, -0.2) is 41.1 Å². The number of thioether (sulfide) groups is 1. The van der Waals surface area contributed by atoms with Crippen molar-refractivity contribution in [3.05, 3.63) is 35.9 Å². The lowest BCUT2D eigenvalue weighted by molar-refractivity contribution is -0.143. The number of carboxylic acids is 1. The van der Waals surface area contributed by atoms with Crippen LogP contribution in [-0.2, 0) is 4.79 Å². The summed E-state index contributed by atoms with van der Waals surface area (Å²) < 4.78 is 0. The maximum Gasteiger partial charge on any atom is 0.325 e. The number of benzene rings is 1. The smallest absolute Gasteiger partial charge is 0.325 e. The van der Waals surface area contributed by atoms with E-state index in [2.05, 4.69) is 13.2 Å². The van der Waals surface area contributed by atoms with Crippen molar-refractivity contribution in [2.75, 3.05) is 19.1 Å². The number of carbonyl (C=O) groups is 1. The first kappa shape index (κ1) is 15.1. The third-order valence-electron chi connectivity index (χ3n) is 3.19. The van der Waals surface area contributed by atoms with Gasteiger partial charge in [0.25, 0.3) is 0 Å². The predicted molar refractivity (Wildman–Crippen MR) is 77.0 cm³/mol. The average molecular weight is 267 g/mol. The molecule has 0 aromatic heterocycles. The van der Waals surface area contributed by atoms with Gasteiger partial charge in [-0.25, -0.2) is 0 Å². The molecule has 18 heavy (non-hydrogen) atoms. The number of rotatable bonds is 7. The van der Waals surface area contributed by atoms with Crippen molar-refractivity contribution in [1.29, 1.82) is 0 Å². The third-order valence-corrected chi connectivity index (χ3v) is 3.84. The van der Waals surface area contributed by atoms with Crippen LogP contribution in [0.3, 0.4) is 0 Å². The molecule has 0 fully saturated rings. The molecule has 0 bridgehead atoms. The first-order valence-electron chi connectivity index (χ1n) is 6.06. The van der Waals surface area contributed by atoms with Gasteiger partial charge in [-0.15, -0.1) is 0 Å². The highest BCUT2D eigenvalue weighted by atomic mass is 32.2. The summed E-state index contributed by atoms with van der Waals surface area (Å²) >= 11 is 1.79. The van der Waals surface area contributed by atoms with Gasteiger partial charge in [0.05, 0.1) is 0 Å². The molecule has 0 radical (unpaired) electrons. The van der Waals surface area contributed by atoms with Crippen molar-refractivity contribution in [1.82, 2.24) is 4.90 Å². The van der Waals surface area contributed by atoms with Gasteiger partial charge in [-0.05, 0) is 38.0 Å². The van der Waals surface area contributed by atoms with Crippen molar-refractivity contribution in [3.63, 3.8) is 0 Å². The van der Waals surface area contributed by atoms with Crippen LogP contribution in [0.5, 0.6) is 0 Å². The second kappa shape index (κ2) is 7.44. The van der Waals surface area contributed by atoms with Crippen LogP contribution in [0, 0.1) is 0 Å². The van der Waals surface area contributed by atoms with E-state index in [0.29, 0.717) is 0 Å². The summed E-state index contributed by atoms with van der Waals surface area (Å²) in [5.41, 5.74) is 0.837. The molecule has 0 heterocycles. The molecular weight excluding hydrogens is 246 g/mol.